The number of rotatable bonds is 10. The fourth-order valence-corrected chi connectivity index (χ4v) is 3.48. The van der Waals surface area contributed by atoms with Gasteiger partial charge >= 0.3 is 0 Å². The largest absolute Gasteiger partial charge is 0.383 e. The van der Waals surface area contributed by atoms with Crippen LogP contribution in [0.4, 0.5) is 15.2 Å². The number of thiazole rings is 1. The minimum atomic E-state index is -0.353. The molecule has 0 aliphatic heterocycles. The second-order valence-corrected chi connectivity index (χ2v) is 7.52. The van der Waals surface area contributed by atoms with E-state index in [1.54, 1.807) is 24.6 Å². The van der Waals surface area contributed by atoms with Crippen LogP contribution < -0.4 is 10.6 Å². The molecular formula is C22H23FN4O3S. The Balaban J connectivity index is 1.71. The maximum Gasteiger partial charge on any atom is 0.274 e. The summed E-state index contributed by atoms with van der Waals surface area (Å²) in [6.45, 7) is 0.930. The van der Waals surface area contributed by atoms with Gasteiger partial charge in [0.1, 0.15) is 18.1 Å². The van der Waals surface area contributed by atoms with Gasteiger partial charge in [0.05, 0.1) is 6.61 Å². The number of methoxy groups -OCH3 is 1. The van der Waals surface area contributed by atoms with Gasteiger partial charge in [-0.05, 0) is 29.8 Å². The molecule has 0 saturated heterocycles. The molecule has 0 spiro atoms. The highest BCUT2D eigenvalue weighted by Crippen LogP contribution is 2.22. The first kappa shape index (κ1) is 22.4. The van der Waals surface area contributed by atoms with E-state index in [2.05, 4.69) is 15.6 Å². The van der Waals surface area contributed by atoms with E-state index in [1.165, 1.54) is 28.4 Å². The van der Waals surface area contributed by atoms with E-state index in [9.17, 15) is 14.0 Å². The number of nitrogens with zero attached hydrogens (tertiary/aromatic N) is 2. The monoisotopic (exact) mass is 442 g/mol. The van der Waals surface area contributed by atoms with E-state index in [-0.39, 0.29) is 36.4 Å². The Morgan fingerprint density at radius 2 is 1.87 bits per heavy atom. The normalized spacial score (nSPS) is 10.5. The van der Waals surface area contributed by atoms with Crippen molar-refractivity contribution in [1.29, 1.82) is 0 Å². The lowest BCUT2D eigenvalue weighted by Gasteiger charge is -2.21. The summed E-state index contributed by atoms with van der Waals surface area (Å²) < 4.78 is 18.0. The Morgan fingerprint density at radius 1 is 1.13 bits per heavy atom. The van der Waals surface area contributed by atoms with Gasteiger partial charge in [0, 0.05) is 31.3 Å². The molecule has 3 rings (SSSR count). The van der Waals surface area contributed by atoms with E-state index >= 15 is 0 Å². The predicted molar refractivity (Wildman–Crippen MR) is 118 cm³/mol. The number of aromatic nitrogens is 1. The molecule has 0 atom stereocenters. The third kappa shape index (κ3) is 6.87. The Morgan fingerprint density at radius 3 is 2.58 bits per heavy atom. The number of amides is 2. The number of hydrogen-bond donors (Lipinski definition) is 2. The molecule has 9 heteroatoms. The van der Waals surface area contributed by atoms with Gasteiger partial charge in [-0.3, -0.25) is 9.59 Å². The Bertz CT molecular complexity index is 996. The summed E-state index contributed by atoms with van der Waals surface area (Å²) >= 11 is 1.26. The average molecular weight is 443 g/mol. The van der Waals surface area contributed by atoms with Crippen LogP contribution in [-0.4, -0.2) is 48.5 Å². The molecule has 31 heavy (non-hydrogen) atoms. The van der Waals surface area contributed by atoms with Crippen LogP contribution in [0.25, 0.3) is 0 Å². The third-order valence-corrected chi connectivity index (χ3v) is 5.04. The third-order valence-electron chi connectivity index (χ3n) is 4.29. The van der Waals surface area contributed by atoms with Crippen molar-refractivity contribution in [1.82, 2.24) is 15.2 Å². The Hall–Kier alpha value is -3.30. The van der Waals surface area contributed by atoms with Crippen LogP contribution in [0.3, 0.4) is 0 Å². The molecule has 1 heterocycles. The number of halogens is 1. The standard InChI is InChI=1S/C22H23FN4O3S/c1-30-12-11-24-20(28)14-27(13-16-5-3-2-4-6-16)21(29)19-15-31-22(26-19)25-18-9-7-17(23)8-10-18/h2-10,15H,11-14H2,1H3,(H,24,28)(H,25,26). The van der Waals surface area contributed by atoms with Crippen LogP contribution >= 0.6 is 11.3 Å². The van der Waals surface area contributed by atoms with E-state index < -0.39 is 0 Å². The molecular weight excluding hydrogens is 419 g/mol. The summed E-state index contributed by atoms with van der Waals surface area (Å²) in [5.74, 6) is -0.962. The van der Waals surface area contributed by atoms with Gasteiger partial charge in [-0.25, -0.2) is 9.37 Å². The van der Waals surface area contributed by atoms with Gasteiger partial charge in [-0.15, -0.1) is 11.3 Å². The fourth-order valence-electron chi connectivity index (χ4n) is 2.77. The van der Waals surface area contributed by atoms with Gasteiger partial charge in [-0.2, -0.15) is 0 Å². The quantitative estimate of drug-likeness (QED) is 0.470. The van der Waals surface area contributed by atoms with Crippen LogP contribution in [0.2, 0.25) is 0 Å². The number of carbonyl (C=O) groups is 2. The zero-order valence-corrected chi connectivity index (χ0v) is 17.8. The first-order valence-corrected chi connectivity index (χ1v) is 10.5. The molecule has 7 nitrogen and oxygen atoms in total. The molecule has 1 aromatic heterocycles. The van der Waals surface area contributed by atoms with Crippen molar-refractivity contribution >= 4 is 34.0 Å². The average Bonchev–Trinajstić information content (AvgIpc) is 3.24. The van der Waals surface area contributed by atoms with Crippen LogP contribution in [0.15, 0.2) is 60.0 Å². The van der Waals surface area contributed by atoms with Crippen molar-refractivity contribution in [2.24, 2.45) is 0 Å². The van der Waals surface area contributed by atoms with Gasteiger partial charge in [0.25, 0.3) is 5.91 Å². The number of carbonyl (C=O) groups excluding carboxylic acids is 2. The lowest BCUT2D eigenvalue weighted by molar-refractivity contribution is -0.122. The number of anilines is 2. The highest BCUT2D eigenvalue weighted by molar-refractivity contribution is 7.14. The van der Waals surface area contributed by atoms with Gasteiger partial charge < -0.3 is 20.3 Å². The van der Waals surface area contributed by atoms with Gasteiger partial charge in [0.2, 0.25) is 5.91 Å². The molecule has 0 bridgehead atoms. The minimum Gasteiger partial charge on any atom is -0.383 e. The van der Waals surface area contributed by atoms with Crippen LogP contribution in [-0.2, 0) is 16.1 Å². The first-order chi connectivity index (χ1) is 15.0. The SMILES string of the molecule is COCCNC(=O)CN(Cc1ccccc1)C(=O)c1csc(Nc2ccc(F)cc2)n1. The van der Waals surface area contributed by atoms with Crippen molar-refractivity contribution in [3.05, 3.63) is 77.1 Å². The highest BCUT2D eigenvalue weighted by Gasteiger charge is 2.22. The lowest BCUT2D eigenvalue weighted by atomic mass is 10.2. The number of nitrogens with one attached hydrogen (secondary N) is 2. The Labute approximate surface area is 183 Å². The first-order valence-electron chi connectivity index (χ1n) is 9.62. The van der Waals surface area contributed by atoms with Gasteiger partial charge in [0.15, 0.2) is 5.13 Å². The maximum atomic E-state index is 13.1. The molecule has 3 aromatic rings. The zero-order chi connectivity index (χ0) is 22.1. The topological polar surface area (TPSA) is 83.6 Å². The zero-order valence-electron chi connectivity index (χ0n) is 17.0. The molecule has 0 aliphatic rings. The summed E-state index contributed by atoms with van der Waals surface area (Å²) in [5.41, 5.74) is 1.80. The van der Waals surface area contributed by atoms with Crippen molar-refractivity contribution in [3.8, 4) is 0 Å². The van der Waals surface area contributed by atoms with E-state index in [1.807, 2.05) is 30.3 Å². The summed E-state index contributed by atoms with van der Waals surface area (Å²) in [7, 11) is 1.55. The summed E-state index contributed by atoms with van der Waals surface area (Å²) in [5, 5.41) is 7.91. The minimum absolute atomic E-state index is 0.101. The number of ether oxygens (including phenoxy) is 1. The molecule has 162 valence electrons. The number of benzene rings is 2. The van der Waals surface area contributed by atoms with Crippen LogP contribution in [0, 0.1) is 5.82 Å². The molecule has 0 unspecified atom stereocenters. The van der Waals surface area contributed by atoms with E-state index in [4.69, 9.17) is 4.74 Å². The second kappa shape index (κ2) is 11.2. The summed E-state index contributed by atoms with van der Waals surface area (Å²) in [4.78, 5) is 31.2. The Kier molecular flexibility index (Phi) is 8.08. The fraction of sp³-hybridized carbons (Fsp3) is 0.227. The summed E-state index contributed by atoms with van der Waals surface area (Å²) in [6.07, 6.45) is 0. The van der Waals surface area contributed by atoms with Crippen molar-refractivity contribution in [3.63, 3.8) is 0 Å². The molecule has 2 N–H and O–H groups in total. The smallest absolute Gasteiger partial charge is 0.274 e. The number of hydrogen-bond acceptors (Lipinski definition) is 6. The van der Waals surface area contributed by atoms with E-state index in [0.717, 1.165) is 5.56 Å². The molecule has 0 saturated carbocycles. The predicted octanol–water partition coefficient (Wildman–Crippen LogP) is 3.43. The van der Waals surface area contributed by atoms with Crippen LogP contribution in [0.1, 0.15) is 16.1 Å². The molecule has 2 aromatic carbocycles. The molecule has 2 amide bonds. The van der Waals surface area contributed by atoms with Crippen molar-refractivity contribution < 1.29 is 18.7 Å². The lowest BCUT2D eigenvalue weighted by Crippen LogP contribution is -2.41. The van der Waals surface area contributed by atoms with Gasteiger partial charge in [-0.1, -0.05) is 30.3 Å². The van der Waals surface area contributed by atoms with Crippen LogP contribution in [0.5, 0.6) is 0 Å². The molecule has 0 aliphatic carbocycles. The summed E-state index contributed by atoms with van der Waals surface area (Å²) in [6, 6.07) is 15.3. The van der Waals surface area contributed by atoms with E-state index in [0.29, 0.717) is 24.0 Å². The highest BCUT2D eigenvalue weighted by atomic mass is 32.1. The molecule has 0 radical (unpaired) electrons. The maximum absolute atomic E-state index is 13.1. The second-order valence-electron chi connectivity index (χ2n) is 6.66. The molecule has 0 fully saturated rings. The van der Waals surface area contributed by atoms with Crippen molar-refractivity contribution in [2.75, 3.05) is 32.1 Å². The van der Waals surface area contributed by atoms with Crippen molar-refractivity contribution in [2.45, 2.75) is 6.54 Å².